The van der Waals surface area contributed by atoms with Crippen molar-refractivity contribution in [1.29, 1.82) is 0 Å². The van der Waals surface area contributed by atoms with Gasteiger partial charge in [0.2, 0.25) is 0 Å². The van der Waals surface area contributed by atoms with Gasteiger partial charge < -0.3 is 29.3 Å². The molecule has 52 heavy (non-hydrogen) atoms. The molecule has 0 radical (unpaired) electrons. The molecule has 0 aliphatic rings. The van der Waals surface area contributed by atoms with Crippen LogP contribution in [0.4, 0.5) is 0 Å². The molecule has 0 amide bonds. The van der Waals surface area contributed by atoms with Crippen LogP contribution >= 0.6 is 22.7 Å². The summed E-state index contributed by atoms with van der Waals surface area (Å²) in [5.74, 6) is 1.11. The largest absolute Gasteiger partial charge is 0.508 e. The number of carbonyl (C=O) groups excluding carboxylic acids is 1. The molecular formula is C43H34O7S2. The first kappa shape index (κ1) is 33.4. The number of Topliss-reactive ketones (excluding diaryl/α,β-unsaturated/α-hetero) is 1. The summed E-state index contributed by atoms with van der Waals surface area (Å²) < 4.78 is 12.8. The van der Waals surface area contributed by atoms with Gasteiger partial charge in [0.05, 0.1) is 0 Å². The molecule has 0 saturated heterocycles. The fourth-order valence-electron chi connectivity index (χ4n) is 6.92. The van der Waals surface area contributed by atoms with Crippen molar-refractivity contribution in [3.63, 3.8) is 0 Å². The third-order valence-corrected chi connectivity index (χ3v) is 12.2. The van der Waals surface area contributed by atoms with Crippen molar-refractivity contribution in [2.45, 2.75) is 39.5 Å². The molecule has 7 nitrogen and oxygen atoms in total. The van der Waals surface area contributed by atoms with Gasteiger partial charge >= 0.3 is 0 Å². The Morgan fingerprint density at radius 1 is 0.538 bits per heavy atom. The SMILES string of the molecule is Cc1cc(O)cc2c(-c3ccc(C(C)C(=O)C(C)c4ccc(-c5c(-c6ccc(O)cc6)oc6c(C)cc(O)cc56)s4)s3)c(-c3ccc(O)cc3)oc12. The van der Waals surface area contributed by atoms with Gasteiger partial charge in [0, 0.05) is 64.4 Å². The Hall–Kier alpha value is -5.77. The maximum Gasteiger partial charge on any atom is 0.148 e. The van der Waals surface area contributed by atoms with Crippen LogP contribution < -0.4 is 0 Å². The minimum Gasteiger partial charge on any atom is -0.508 e. The van der Waals surface area contributed by atoms with Crippen LogP contribution in [0.3, 0.4) is 0 Å². The van der Waals surface area contributed by atoms with Crippen LogP contribution in [0.2, 0.25) is 0 Å². The van der Waals surface area contributed by atoms with Crippen LogP contribution in [0, 0.1) is 13.8 Å². The molecule has 4 heterocycles. The number of aromatic hydroxyl groups is 4. The number of phenolic OH excluding ortho intramolecular Hbond substituents is 4. The van der Waals surface area contributed by atoms with E-state index in [1.807, 2.05) is 52.0 Å². The number of rotatable bonds is 8. The Kier molecular flexibility index (Phi) is 8.20. The molecule has 0 bridgehead atoms. The first-order chi connectivity index (χ1) is 25.0. The minimum absolute atomic E-state index is 0.0791. The summed E-state index contributed by atoms with van der Waals surface area (Å²) in [5, 5.41) is 42.4. The van der Waals surface area contributed by atoms with Gasteiger partial charge in [-0.3, -0.25) is 4.79 Å². The molecule has 0 saturated carbocycles. The van der Waals surface area contributed by atoms with Crippen LogP contribution in [0.15, 0.2) is 106 Å². The summed E-state index contributed by atoms with van der Waals surface area (Å²) in [7, 11) is 0. The molecule has 0 aliphatic heterocycles. The number of aryl methyl sites for hydroxylation is 2. The van der Waals surface area contributed by atoms with Crippen molar-refractivity contribution < 1.29 is 34.1 Å². The zero-order chi connectivity index (χ0) is 36.4. The molecule has 8 aromatic rings. The lowest BCUT2D eigenvalue weighted by Crippen LogP contribution is -2.14. The highest BCUT2D eigenvalue weighted by molar-refractivity contribution is 7.16. The molecular weight excluding hydrogens is 693 g/mol. The topological polar surface area (TPSA) is 124 Å². The predicted molar refractivity (Wildman–Crippen MR) is 208 cm³/mol. The monoisotopic (exact) mass is 726 g/mol. The van der Waals surface area contributed by atoms with Gasteiger partial charge in [0.25, 0.3) is 0 Å². The number of phenols is 4. The highest BCUT2D eigenvalue weighted by atomic mass is 32.1. The summed E-state index contributed by atoms with van der Waals surface area (Å²) in [6, 6.07) is 28.4. The molecule has 2 unspecified atom stereocenters. The predicted octanol–water partition coefficient (Wildman–Crippen LogP) is 11.9. The molecule has 260 valence electrons. The van der Waals surface area contributed by atoms with Crippen molar-refractivity contribution in [3.8, 4) is 66.5 Å². The minimum atomic E-state index is -0.397. The number of furan rings is 2. The third-order valence-electron chi connectivity index (χ3n) is 9.63. The Balaban J connectivity index is 1.13. The molecule has 4 aromatic carbocycles. The normalized spacial score (nSPS) is 12.8. The van der Waals surface area contributed by atoms with Gasteiger partial charge in [-0.05, 0) is 122 Å². The number of hydrogen-bond acceptors (Lipinski definition) is 9. The van der Waals surface area contributed by atoms with Gasteiger partial charge in [0.1, 0.15) is 51.5 Å². The quantitative estimate of drug-likeness (QED) is 0.123. The van der Waals surface area contributed by atoms with Crippen LogP contribution in [0.25, 0.3) is 65.5 Å². The van der Waals surface area contributed by atoms with E-state index in [-0.39, 0.29) is 28.8 Å². The molecule has 8 rings (SSSR count). The summed E-state index contributed by atoms with van der Waals surface area (Å²) in [4.78, 5) is 17.8. The van der Waals surface area contributed by atoms with Crippen LogP contribution in [0.1, 0.15) is 46.6 Å². The third kappa shape index (κ3) is 5.72. The lowest BCUT2D eigenvalue weighted by molar-refractivity contribution is -0.121. The Morgan fingerprint density at radius 3 is 1.31 bits per heavy atom. The fraction of sp³-hybridized carbons (Fsp3) is 0.140. The van der Waals surface area contributed by atoms with E-state index in [1.165, 1.54) is 22.7 Å². The summed E-state index contributed by atoms with van der Waals surface area (Å²) in [6.45, 7) is 7.65. The van der Waals surface area contributed by atoms with Crippen LogP contribution in [-0.2, 0) is 4.79 Å². The number of hydrogen-bond donors (Lipinski definition) is 4. The Labute approximate surface area is 307 Å². The fourth-order valence-corrected chi connectivity index (χ4v) is 9.17. The summed E-state index contributed by atoms with van der Waals surface area (Å²) in [5.41, 5.74) is 6.16. The first-order valence-corrected chi connectivity index (χ1v) is 18.4. The number of fused-ring (bicyclic) bond motifs is 2. The second kappa shape index (κ2) is 12.8. The number of ketones is 1. The Bertz CT molecular complexity index is 2450. The lowest BCUT2D eigenvalue weighted by atomic mass is 9.93. The second-order valence-corrected chi connectivity index (χ2v) is 15.5. The van der Waals surface area contributed by atoms with E-state index >= 15 is 0 Å². The van der Waals surface area contributed by atoms with E-state index in [4.69, 9.17) is 8.83 Å². The average molecular weight is 727 g/mol. The van der Waals surface area contributed by atoms with Crippen LogP contribution in [0.5, 0.6) is 23.0 Å². The van der Waals surface area contributed by atoms with Gasteiger partial charge in [-0.15, -0.1) is 22.7 Å². The number of thiophene rings is 2. The molecule has 4 N–H and O–H groups in total. The first-order valence-electron chi connectivity index (χ1n) is 16.8. The average Bonchev–Trinajstić information content (AvgIpc) is 3.93. The maximum atomic E-state index is 14.1. The lowest BCUT2D eigenvalue weighted by Gasteiger charge is -2.14. The smallest absolute Gasteiger partial charge is 0.148 e. The number of benzene rings is 4. The van der Waals surface area contributed by atoms with E-state index in [0.717, 1.165) is 63.7 Å². The maximum absolute atomic E-state index is 14.1. The van der Waals surface area contributed by atoms with Crippen molar-refractivity contribution in [1.82, 2.24) is 0 Å². The van der Waals surface area contributed by atoms with Gasteiger partial charge in [-0.1, -0.05) is 13.8 Å². The molecule has 2 atom stereocenters. The van der Waals surface area contributed by atoms with Gasteiger partial charge in [0.15, 0.2) is 0 Å². The molecule has 4 aromatic heterocycles. The standard InChI is InChI=1S/C43H34O7S2/c1-21-17-29(46)19-31-37(42(49-40(21)31)25-5-9-27(44)10-6-25)35-15-13-33(51-35)23(3)39(48)24(4)34-14-16-36(52-34)38-32-20-30(47)18-22(2)41(32)50-43(38)26-7-11-28(45)12-8-26/h5-20,23-24,44-47H,1-4H3. The van der Waals surface area contributed by atoms with E-state index in [2.05, 4.69) is 0 Å². The van der Waals surface area contributed by atoms with E-state index < -0.39 is 11.8 Å². The second-order valence-electron chi connectivity index (χ2n) is 13.2. The number of carbonyl (C=O) groups is 1. The molecule has 9 heteroatoms. The van der Waals surface area contributed by atoms with Crippen LogP contribution in [-0.4, -0.2) is 26.2 Å². The summed E-state index contributed by atoms with van der Waals surface area (Å²) >= 11 is 3.05. The molecule has 0 fully saturated rings. The summed E-state index contributed by atoms with van der Waals surface area (Å²) in [6.07, 6.45) is 0. The van der Waals surface area contributed by atoms with Crippen molar-refractivity contribution in [2.24, 2.45) is 0 Å². The zero-order valence-electron chi connectivity index (χ0n) is 28.7. The van der Waals surface area contributed by atoms with Crippen molar-refractivity contribution in [2.75, 3.05) is 0 Å². The Morgan fingerprint density at radius 2 is 0.923 bits per heavy atom. The van der Waals surface area contributed by atoms with E-state index in [9.17, 15) is 25.2 Å². The van der Waals surface area contributed by atoms with Gasteiger partial charge in [-0.2, -0.15) is 0 Å². The van der Waals surface area contributed by atoms with Gasteiger partial charge in [-0.25, -0.2) is 0 Å². The van der Waals surface area contributed by atoms with Crippen molar-refractivity contribution in [3.05, 3.63) is 118 Å². The van der Waals surface area contributed by atoms with E-state index in [1.54, 1.807) is 72.8 Å². The highest BCUT2D eigenvalue weighted by Crippen LogP contribution is 2.49. The van der Waals surface area contributed by atoms with E-state index in [0.29, 0.717) is 22.7 Å². The zero-order valence-corrected chi connectivity index (χ0v) is 30.4. The highest BCUT2D eigenvalue weighted by Gasteiger charge is 2.29. The molecule has 0 aliphatic carbocycles. The van der Waals surface area contributed by atoms with Crippen molar-refractivity contribution >= 4 is 50.4 Å². The molecule has 0 spiro atoms.